The first-order chi connectivity index (χ1) is 12.3. The van der Waals surface area contributed by atoms with Gasteiger partial charge in [0.05, 0.1) is 22.4 Å². The number of carbonyl (C=O) groups is 1. The standard InChI is InChI=1S/C16H14F2N4O3S/c1-2-8-26(24,25)22-11-6-5-10(17)12(13(11)18)15(23)14-9-4-3-7-19-16(9)21-20-14/h3-7,22H,2,8H2,1H3,(H,19,20,21). The van der Waals surface area contributed by atoms with Crippen LogP contribution in [0.3, 0.4) is 0 Å². The molecule has 2 heterocycles. The molecular formula is C16H14F2N4O3S. The maximum Gasteiger partial charge on any atom is 0.232 e. The van der Waals surface area contributed by atoms with Crippen molar-refractivity contribution in [3.05, 3.63) is 53.4 Å². The maximum absolute atomic E-state index is 14.7. The van der Waals surface area contributed by atoms with Crippen LogP contribution >= 0.6 is 0 Å². The minimum atomic E-state index is -3.81. The number of hydrogen-bond donors (Lipinski definition) is 2. The smallest absolute Gasteiger partial charge is 0.232 e. The number of halogens is 2. The van der Waals surface area contributed by atoms with Gasteiger partial charge in [0, 0.05) is 6.20 Å². The zero-order chi connectivity index (χ0) is 18.9. The van der Waals surface area contributed by atoms with Gasteiger partial charge in [0.15, 0.2) is 11.5 Å². The highest BCUT2D eigenvalue weighted by molar-refractivity contribution is 7.92. The molecule has 3 rings (SSSR count). The van der Waals surface area contributed by atoms with E-state index in [9.17, 15) is 22.0 Å². The average molecular weight is 380 g/mol. The van der Waals surface area contributed by atoms with Gasteiger partial charge < -0.3 is 0 Å². The van der Waals surface area contributed by atoms with Gasteiger partial charge in [-0.2, -0.15) is 5.10 Å². The van der Waals surface area contributed by atoms with Crippen LogP contribution in [-0.2, 0) is 10.0 Å². The lowest BCUT2D eigenvalue weighted by Gasteiger charge is -2.11. The normalized spacial score (nSPS) is 11.7. The monoisotopic (exact) mass is 380 g/mol. The van der Waals surface area contributed by atoms with Gasteiger partial charge in [-0.05, 0) is 30.7 Å². The molecule has 0 radical (unpaired) electrons. The van der Waals surface area contributed by atoms with Crippen LogP contribution in [0.5, 0.6) is 0 Å². The van der Waals surface area contributed by atoms with Gasteiger partial charge in [-0.1, -0.05) is 6.92 Å². The van der Waals surface area contributed by atoms with Gasteiger partial charge in [-0.3, -0.25) is 14.6 Å². The summed E-state index contributed by atoms with van der Waals surface area (Å²) in [5.74, 6) is -3.67. The van der Waals surface area contributed by atoms with Crippen molar-refractivity contribution in [2.45, 2.75) is 13.3 Å². The number of rotatable bonds is 6. The van der Waals surface area contributed by atoms with Crippen molar-refractivity contribution in [3.8, 4) is 0 Å². The number of H-pyrrole nitrogens is 1. The minimum Gasteiger partial charge on any atom is -0.287 e. The van der Waals surface area contributed by atoms with Crippen LogP contribution in [0.2, 0.25) is 0 Å². The fourth-order valence-electron chi connectivity index (χ4n) is 2.47. The van der Waals surface area contributed by atoms with E-state index in [1.807, 2.05) is 4.72 Å². The lowest BCUT2D eigenvalue weighted by Crippen LogP contribution is -2.18. The van der Waals surface area contributed by atoms with Crippen molar-refractivity contribution >= 4 is 32.5 Å². The Morgan fingerprint density at radius 1 is 1.27 bits per heavy atom. The Bertz CT molecular complexity index is 1100. The highest BCUT2D eigenvalue weighted by Crippen LogP contribution is 2.26. The molecule has 2 N–H and O–H groups in total. The summed E-state index contributed by atoms with van der Waals surface area (Å²) in [5, 5.41) is 6.59. The Morgan fingerprint density at radius 2 is 2.04 bits per heavy atom. The molecule has 1 aromatic carbocycles. The number of pyridine rings is 1. The van der Waals surface area contributed by atoms with Crippen LogP contribution in [0.4, 0.5) is 14.5 Å². The predicted octanol–water partition coefficient (Wildman–Crippen LogP) is 2.62. The van der Waals surface area contributed by atoms with E-state index < -0.39 is 38.7 Å². The summed E-state index contributed by atoms with van der Waals surface area (Å²) in [6, 6.07) is 4.84. The maximum atomic E-state index is 14.7. The summed E-state index contributed by atoms with van der Waals surface area (Å²) in [6.45, 7) is 1.64. The molecule has 2 aromatic heterocycles. The van der Waals surface area contributed by atoms with E-state index in [1.165, 1.54) is 12.3 Å². The highest BCUT2D eigenvalue weighted by atomic mass is 32.2. The minimum absolute atomic E-state index is 0.209. The SMILES string of the molecule is CCCS(=O)(=O)Nc1ccc(F)c(C(=O)c2n[nH]c3ncccc23)c1F. The molecule has 26 heavy (non-hydrogen) atoms. The Labute approximate surface area is 147 Å². The lowest BCUT2D eigenvalue weighted by molar-refractivity contribution is 0.102. The van der Waals surface area contributed by atoms with Crippen LogP contribution in [0.25, 0.3) is 11.0 Å². The molecule has 0 spiro atoms. The molecule has 0 saturated carbocycles. The molecule has 0 saturated heterocycles. The first-order valence-corrected chi connectivity index (χ1v) is 9.31. The second-order valence-electron chi connectivity index (χ2n) is 5.51. The zero-order valence-electron chi connectivity index (χ0n) is 13.6. The first-order valence-electron chi connectivity index (χ1n) is 7.66. The van der Waals surface area contributed by atoms with Crippen LogP contribution in [0.1, 0.15) is 29.4 Å². The van der Waals surface area contributed by atoms with Crippen LogP contribution in [0, 0.1) is 11.6 Å². The summed E-state index contributed by atoms with van der Waals surface area (Å²) in [7, 11) is -3.81. The topological polar surface area (TPSA) is 105 Å². The van der Waals surface area contributed by atoms with E-state index in [-0.39, 0.29) is 17.1 Å². The number of aromatic amines is 1. The van der Waals surface area contributed by atoms with Crippen molar-refractivity contribution in [2.24, 2.45) is 0 Å². The average Bonchev–Trinajstić information content (AvgIpc) is 3.01. The molecule has 136 valence electrons. The van der Waals surface area contributed by atoms with E-state index in [2.05, 4.69) is 15.2 Å². The second-order valence-corrected chi connectivity index (χ2v) is 7.35. The van der Waals surface area contributed by atoms with E-state index in [4.69, 9.17) is 0 Å². The van der Waals surface area contributed by atoms with Gasteiger partial charge in [0.25, 0.3) is 0 Å². The highest BCUT2D eigenvalue weighted by Gasteiger charge is 2.26. The fourth-order valence-corrected chi connectivity index (χ4v) is 3.61. The molecule has 10 heteroatoms. The Hall–Kier alpha value is -2.88. The predicted molar refractivity (Wildman–Crippen MR) is 91.4 cm³/mol. The van der Waals surface area contributed by atoms with Gasteiger partial charge in [-0.25, -0.2) is 22.2 Å². The Morgan fingerprint density at radius 3 is 2.77 bits per heavy atom. The molecule has 3 aromatic rings. The van der Waals surface area contributed by atoms with Crippen LogP contribution in [0.15, 0.2) is 30.5 Å². The van der Waals surface area contributed by atoms with Gasteiger partial charge in [0.2, 0.25) is 15.8 Å². The molecule has 0 aliphatic rings. The number of benzene rings is 1. The van der Waals surface area contributed by atoms with Crippen molar-refractivity contribution < 1.29 is 22.0 Å². The van der Waals surface area contributed by atoms with E-state index in [1.54, 1.807) is 13.0 Å². The number of sulfonamides is 1. The van der Waals surface area contributed by atoms with E-state index in [0.717, 1.165) is 12.1 Å². The number of fused-ring (bicyclic) bond motifs is 1. The van der Waals surface area contributed by atoms with Crippen LogP contribution < -0.4 is 4.72 Å². The van der Waals surface area contributed by atoms with Crippen molar-refractivity contribution in [2.75, 3.05) is 10.5 Å². The summed E-state index contributed by atoms with van der Waals surface area (Å²) in [4.78, 5) is 16.6. The van der Waals surface area contributed by atoms with Gasteiger partial charge >= 0.3 is 0 Å². The van der Waals surface area contributed by atoms with Crippen LogP contribution in [-0.4, -0.2) is 35.1 Å². The summed E-state index contributed by atoms with van der Waals surface area (Å²) < 4.78 is 54.6. The Balaban J connectivity index is 2.07. The molecule has 0 unspecified atom stereocenters. The van der Waals surface area contributed by atoms with E-state index >= 15 is 0 Å². The molecule has 0 aliphatic heterocycles. The van der Waals surface area contributed by atoms with Gasteiger partial charge in [-0.15, -0.1) is 0 Å². The number of nitrogens with zero attached hydrogens (tertiary/aromatic N) is 2. The van der Waals surface area contributed by atoms with Crippen molar-refractivity contribution in [1.29, 1.82) is 0 Å². The van der Waals surface area contributed by atoms with Crippen molar-refractivity contribution in [1.82, 2.24) is 15.2 Å². The quantitative estimate of drug-likeness (QED) is 0.640. The summed E-state index contributed by atoms with van der Waals surface area (Å²) in [6.07, 6.45) is 1.79. The molecule has 0 bridgehead atoms. The number of aromatic nitrogens is 3. The van der Waals surface area contributed by atoms with E-state index in [0.29, 0.717) is 11.8 Å². The number of anilines is 1. The third-order valence-electron chi connectivity index (χ3n) is 3.61. The summed E-state index contributed by atoms with van der Waals surface area (Å²) in [5.41, 5.74) is -1.31. The molecule has 7 nitrogen and oxygen atoms in total. The summed E-state index contributed by atoms with van der Waals surface area (Å²) >= 11 is 0. The zero-order valence-corrected chi connectivity index (χ0v) is 14.4. The number of ketones is 1. The third-order valence-corrected chi connectivity index (χ3v) is 5.08. The molecule has 0 aliphatic carbocycles. The number of nitrogens with one attached hydrogen (secondary N) is 2. The molecule has 0 atom stereocenters. The number of carbonyl (C=O) groups excluding carboxylic acids is 1. The molecule has 0 fully saturated rings. The first kappa shape index (κ1) is 17.9. The van der Waals surface area contributed by atoms with Crippen molar-refractivity contribution in [3.63, 3.8) is 0 Å². The fraction of sp³-hybridized carbons (Fsp3) is 0.188. The van der Waals surface area contributed by atoms with Gasteiger partial charge in [0.1, 0.15) is 11.5 Å². The Kier molecular flexibility index (Phi) is 4.68. The molecular weight excluding hydrogens is 366 g/mol. The lowest BCUT2D eigenvalue weighted by atomic mass is 10.0. The largest absolute Gasteiger partial charge is 0.287 e. The number of hydrogen-bond acceptors (Lipinski definition) is 5. The molecule has 0 amide bonds. The second kappa shape index (κ2) is 6.79. The third kappa shape index (κ3) is 3.27.